The Bertz CT molecular complexity index is 1580. The zero-order valence-electron chi connectivity index (χ0n) is 19.4. The Labute approximate surface area is 212 Å². The number of amides is 2. The van der Waals surface area contributed by atoms with Gasteiger partial charge < -0.3 is 30.4 Å². The van der Waals surface area contributed by atoms with Crippen molar-refractivity contribution in [1.29, 1.82) is 0 Å². The van der Waals surface area contributed by atoms with Crippen LogP contribution in [0.1, 0.15) is 26.5 Å². The summed E-state index contributed by atoms with van der Waals surface area (Å²) in [6, 6.07) is 8.30. The number of hydrogen-bond donors (Lipinski definition) is 5. The van der Waals surface area contributed by atoms with Crippen molar-refractivity contribution >= 4 is 57.9 Å². The van der Waals surface area contributed by atoms with Gasteiger partial charge in [0.25, 0.3) is 18.3 Å². The van der Waals surface area contributed by atoms with Gasteiger partial charge in [0.2, 0.25) is 0 Å². The fourth-order valence-corrected chi connectivity index (χ4v) is 4.27. The van der Waals surface area contributed by atoms with Gasteiger partial charge in [-0.3, -0.25) is 14.4 Å². The lowest BCUT2D eigenvalue weighted by atomic mass is 10.1. The van der Waals surface area contributed by atoms with E-state index in [9.17, 15) is 14.0 Å². The molecule has 37 heavy (non-hydrogen) atoms. The van der Waals surface area contributed by atoms with Crippen molar-refractivity contribution in [3.63, 3.8) is 0 Å². The highest BCUT2D eigenvalue weighted by Crippen LogP contribution is 2.21. The predicted molar refractivity (Wildman–Crippen MR) is 136 cm³/mol. The van der Waals surface area contributed by atoms with Gasteiger partial charge >= 0.3 is 0 Å². The van der Waals surface area contributed by atoms with Gasteiger partial charge in [-0.2, -0.15) is 8.75 Å². The van der Waals surface area contributed by atoms with Crippen LogP contribution in [0.3, 0.4) is 0 Å². The molecule has 14 heteroatoms. The lowest BCUT2D eigenvalue weighted by Crippen LogP contribution is -2.26. The maximum atomic E-state index is 13.8. The average Bonchev–Trinajstić information content (AvgIpc) is 3.63. The summed E-state index contributed by atoms with van der Waals surface area (Å²) in [5.41, 5.74) is 2.96. The number of aromatic amines is 1. The first kappa shape index (κ1) is 25.2. The molecular formula is C23H21FN8O4S. The number of nitrogens with zero attached hydrogens (tertiary/aromatic N) is 4. The molecule has 4 heterocycles. The number of fused-ring (bicyclic) bond motifs is 2. The first-order valence-electron chi connectivity index (χ1n) is 10.9. The fraction of sp³-hybridized carbons (Fsp3) is 0.130. The van der Waals surface area contributed by atoms with Crippen molar-refractivity contribution in [2.45, 2.75) is 6.42 Å². The zero-order valence-corrected chi connectivity index (χ0v) is 20.2. The van der Waals surface area contributed by atoms with E-state index in [4.69, 9.17) is 9.90 Å². The summed E-state index contributed by atoms with van der Waals surface area (Å²) in [6.45, 7) is 0.116. The van der Waals surface area contributed by atoms with Gasteiger partial charge in [-0.05, 0) is 30.2 Å². The molecular weight excluding hydrogens is 503 g/mol. The molecule has 0 unspecified atom stereocenters. The van der Waals surface area contributed by atoms with Crippen LogP contribution in [-0.2, 0) is 11.2 Å². The summed E-state index contributed by atoms with van der Waals surface area (Å²) < 4.78 is 23.5. The van der Waals surface area contributed by atoms with Crippen LogP contribution in [0, 0.1) is 5.82 Å². The number of H-pyrrole nitrogens is 1. The molecule has 0 spiro atoms. The number of anilines is 2. The number of pyridine rings is 1. The van der Waals surface area contributed by atoms with Gasteiger partial charge in [0.05, 0.1) is 28.4 Å². The molecule has 0 saturated carbocycles. The summed E-state index contributed by atoms with van der Waals surface area (Å²) in [5, 5.41) is 16.1. The van der Waals surface area contributed by atoms with Gasteiger partial charge in [-0.1, -0.05) is 12.1 Å². The number of rotatable bonds is 7. The van der Waals surface area contributed by atoms with E-state index in [-0.39, 0.29) is 29.6 Å². The normalized spacial score (nSPS) is 10.5. The molecule has 1 aromatic carbocycles. The number of imidazole rings is 1. The lowest BCUT2D eigenvalue weighted by molar-refractivity contribution is -0.122. The molecule has 0 saturated heterocycles. The molecule has 0 radical (unpaired) electrons. The molecule has 0 atom stereocenters. The minimum absolute atomic E-state index is 0.205. The van der Waals surface area contributed by atoms with Gasteiger partial charge in [-0.15, -0.1) is 0 Å². The Hall–Kier alpha value is -4.85. The number of nitrogens with one attached hydrogen (secondary N) is 4. The molecule has 0 aliphatic rings. The third-order valence-corrected chi connectivity index (χ3v) is 5.90. The maximum Gasteiger partial charge on any atom is 0.290 e. The number of hydrogen-bond acceptors (Lipinski definition) is 8. The molecule has 2 amide bonds. The van der Waals surface area contributed by atoms with Crippen LogP contribution in [0.15, 0.2) is 49.1 Å². The van der Waals surface area contributed by atoms with Gasteiger partial charge in [0, 0.05) is 31.4 Å². The number of benzene rings is 1. The van der Waals surface area contributed by atoms with E-state index in [2.05, 4.69) is 34.7 Å². The molecule has 5 N–H and O–H groups in total. The molecule has 12 nitrogen and oxygen atoms in total. The maximum absolute atomic E-state index is 13.8. The van der Waals surface area contributed by atoms with E-state index >= 15 is 0 Å². The van der Waals surface area contributed by atoms with E-state index in [1.54, 1.807) is 42.0 Å². The van der Waals surface area contributed by atoms with Crippen molar-refractivity contribution in [2.75, 3.05) is 24.2 Å². The lowest BCUT2D eigenvalue weighted by Gasteiger charge is -2.06. The number of halogens is 1. The van der Waals surface area contributed by atoms with Crippen molar-refractivity contribution in [3.8, 4) is 0 Å². The van der Waals surface area contributed by atoms with Gasteiger partial charge in [0.15, 0.2) is 17.2 Å². The number of aromatic nitrogens is 5. The summed E-state index contributed by atoms with van der Waals surface area (Å²) in [7, 11) is 1.66. The molecule has 0 aliphatic carbocycles. The van der Waals surface area contributed by atoms with Crippen LogP contribution in [0.25, 0.3) is 16.4 Å². The van der Waals surface area contributed by atoms with Crippen molar-refractivity contribution in [2.24, 2.45) is 0 Å². The quantitative estimate of drug-likeness (QED) is 0.203. The fourth-order valence-electron chi connectivity index (χ4n) is 3.72. The standard InChI is InChI=1S/C22H19FN8O2S.CH2O2/c1-24-20-19(29-34-30-20)22(33)28-13-5-6-16-18(27-11-31(16)10-13)21(32)25-8-7-12-9-26-17-14(12)3-2-4-15(17)23;2-1-3/h2-6,9-11,26H,7-8H2,1H3,(H,24,30)(H,25,32)(H,28,33);1H,(H,2,3). The van der Waals surface area contributed by atoms with Crippen LogP contribution in [0.4, 0.5) is 15.9 Å². The Kier molecular flexibility index (Phi) is 7.68. The summed E-state index contributed by atoms with van der Waals surface area (Å²) in [5.74, 6) is -0.619. The third kappa shape index (κ3) is 5.38. The minimum Gasteiger partial charge on any atom is -0.483 e. The van der Waals surface area contributed by atoms with Gasteiger partial charge in [-0.25, -0.2) is 9.37 Å². The Balaban J connectivity index is 0.00000102. The molecule has 0 fully saturated rings. The van der Waals surface area contributed by atoms with Crippen LogP contribution < -0.4 is 16.0 Å². The predicted octanol–water partition coefficient (Wildman–Crippen LogP) is 2.77. The third-order valence-electron chi connectivity index (χ3n) is 5.37. The topological polar surface area (TPSA) is 166 Å². The van der Waals surface area contributed by atoms with Crippen LogP contribution in [-0.4, -0.2) is 60.1 Å². The highest BCUT2D eigenvalue weighted by Gasteiger charge is 2.17. The Morgan fingerprint density at radius 1 is 1.19 bits per heavy atom. The van der Waals surface area contributed by atoms with Crippen molar-refractivity contribution in [1.82, 2.24) is 28.4 Å². The first-order valence-corrected chi connectivity index (χ1v) is 11.6. The Morgan fingerprint density at radius 3 is 2.78 bits per heavy atom. The van der Waals surface area contributed by atoms with E-state index in [0.29, 0.717) is 35.5 Å². The second kappa shape index (κ2) is 11.3. The molecule has 4 aromatic heterocycles. The largest absolute Gasteiger partial charge is 0.483 e. The number of carbonyl (C=O) groups excluding carboxylic acids is 2. The zero-order chi connectivity index (χ0) is 26.4. The second-order valence-electron chi connectivity index (χ2n) is 7.56. The van der Waals surface area contributed by atoms with E-state index in [1.165, 1.54) is 12.4 Å². The average molecular weight is 525 g/mol. The van der Waals surface area contributed by atoms with Crippen LogP contribution in [0.5, 0.6) is 0 Å². The SMILES string of the molecule is CNc1nsnc1C(=O)Nc1ccc2c(C(=O)NCCc3c[nH]c4c(F)cccc34)ncn2c1.O=CO. The summed E-state index contributed by atoms with van der Waals surface area (Å²) in [6.07, 6.45) is 5.46. The molecule has 5 rings (SSSR count). The van der Waals surface area contributed by atoms with E-state index in [0.717, 1.165) is 22.7 Å². The number of para-hydroxylation sites is 1. The highest BCUT2D eigenvalue weighted by molar-refractivity contribution is 6.99. The Morgan fingerprint density at radius 2 is 2.00 bits per heavy atom. The minimum atomic E-state index is -0.396. The van der Waals surface area contributed by atoms with Crippen LogP contribution >= 0.6 is 11.7 Å². The van der Waals surface area contributed by atoms with E-state index in [1.807, 2.05) is 6.07 Å². The van der Waals surface area contributed by atoms with E-state index < -0.39 is 5.91 Å². The number of carboxylic acid groups (broad SMARTS) is 1. The summed E-state index contributed by atoms with van der Waals surface area (Å²) in [4.78, 5) is 40.7. The molecule has 0 bridgehead atoms. The first-order chi connectivity index (χ1) is 18.0. The van der Waals surface area contributed by atoms with Crippen molar-refractivity contribution < 1.29 is 23.9 Å². The molecule has 0 aliphatic heterocycles. The smallest absolute Gasteiger partial charge is 0.290 e. The monoisotopic (exact) mass is 524 g/mol. The summed E-state index contributed by atoms with van der Waals surface area (Å²) >= 11 is 0.944. The highest BCUT2D eigenvalue weighted by atomic mass is 32.1. The van der Waals surface area contributed by atoms with Gasteiger partial charge in [0.1, 0.15) is 12.1 Å². The second-order valence-corrected chi connectivity index (χ2v) is 8.09. The molecule has 5 aromatic rings. The number of carbonyl (C=O) groups is 3. The molecule has 190 valence electrons. The van der Waals surface area contributed by atoms with Crippen molar-refractivity contribution in [3.05, 3.63) is 71.8 Å². The van der Waals surface area contributed by atoms with Crippen LogP contribution in [0.2, 0.25) is 0 Å².